The molecule has 0 aromatic rings. The van der Waals surface area contributed by atoms with Gasteiger partial charge in [-0.05, 0) is 12.8 Å². The average Bonchev–Trinajstić information content (AvgIpc) is 2.02. The van der Waals surface area contributed by atoms with Crippen LogP contribution in [0.2, 0.25) is 0 Å². The van der Waals surface area contributed by atoms with Crippen LogP contribution in [-0.2, 0) is 4.74 Å². The zero-order valence-corrected chi connectivity index (χ0v) is 7.28. The van der Waals surface area contributed by atoms with Crippen LogP contribution >= 0.6 is 0 Å². The van der Waals surface area contributed by atoms with Crippen molar-refractivity contribution in [3.8, 4) is 0 Å². The maximum absolute atomic E-state index is 12.4. The van der Waals surface area contributed by atoms with E-state index in [1.807, 2.05) is 0 Å². The minimum atomic E-state index is -2.60. The van der Waals surface area contributed by atoms with E-state index in [0.29, 0.717) is 13.2 Å². The molecule has 1 saturated heterocycles. The van der Waals surface area contributed by atoms with E-state index < -0.39 is 5.92 Å². The van der Waals surface area contributed by atoms with Crippen molar-refractivity contribution in [3.63, 3.8) is 0 Å². The Hall–Kier alpha value is -0.220. The SMILES string of the molecule is CC(F)(F)CNC1CCOCC1. The molecule has 0 aliphatic carbocycles. The molecule has 2 nitrogen and oxygen atoms in total. The molecule has 0 bridgehead atoms. The molecule has 0 atom stereocenters. The Bertz CT molecular complexity index is 130. The van der Waals surface area contributed by atoms with Gasteiger partial charge >= 0.3 is 0 Å². The van der Waals surface area contributed by atoms with E-state index in [2.05, 4.69) is 5.32 Å². The second-order valence-electron chi connectivity index (χ2n) is 3.34. The van der Waals surface area contributed by atoms with Crippen LogP contribution in [0.3, 0.4) is 0 Å². The van der Waals surface area contributed by atoms with E-state index in [0.717, 1.165) is 19.8 Å². The predicted molar refractivity (Wildman–Crippen MR) is 42.5 cm³/mol. The topological polar surface area (TPSA) is 21.3 Å². The molecule has 0 radical (unpaired) electrons. The fraction of sp³-hybridized carbons (Fsp3) is 1.00. The van der Waals surface area contributed by atoms with Crippen molar-refractivity contribution in [3.05, 3.63) is 0 Å². The van der Waals surface area contributed by atoms with Crippen LogP contribution in [0, 0.1) is 0 Å². The third kappa shape index (κ3) is 3.97. The largest absolute Gasteiger partial charge is 0.381 e. The van der Waals surface area contributed by atoms with Crippen molar-refractivity contribution >= 4 is 0 Å². The lowest BCUT2D eigenvalue weighted by Crippen LogP contribution is -2.40. The first-order valence-corrected chi connectivity index (χ1v) is 4.27. The van der Waals surface area contributed by atoms with Gasteiger partial charge in [0.05, 0.1) is 6.54 Å². The van der Waals surface area contributed by atoms with Gasteiger partial charge in [0.1, 0.15) is 0 Å². The van der Waals surface area contributed by atoms with Crippen molar-refractivity contribution in [2.75, 3.05) is 19.8 Å². The first-order chi connectivity index (χ1) is 5.58. The van der Waals surface area contributed by atoms with E-state index in [1.165, 1.54) is 0 Å². The van der Waals surface area contributed by atoms with E-state index >= 15 is 0 Å². The summed E-state index contributed by atoms with van der Waals surface area (Å²) in [5, 5.41) is 2.83. The van der Waals surface area contributed by atoms with E-state index in [-0.39, 0.29) is 12.6 Å². The van der Waals surface area contributed by atoms with Gasteiger partial charge in [-0.3, -0.25) is 0 Å². The zero-order chi connectivity index (χ0) is 9.03. The van der Waals surface area contributed by atoms with Gasteiger partial charge in [-0.25, -0.2) is 8.78 Å². The molecule has 1 aliphatic rings. The van der Waals surface area contributed by atoms with Crippen molar-refractivity contribution in [2.24, 2.45) is 0 Å². The summed E-state index contributed by atoms with van der Waals surface area (Å²) in [6.07, 6.45) is 1.69. The number of ether oxygens (including phenoxy) is 1. The van der Waals surface area contributed by atoms with Gasteiger partial charge in [-0.2, -0.15) is 0 Å². The second-order valence-corrected chi connectivity index (χ2v) is 3.34. The number of alkyl halides is 2. The number of rotatable bonds is 3. The average molecular weight is 179 g/mol. The highest BCUT2D eigenvalue weighted by atomic mass is 19.3. The normalized spacial score (nSPS) is 21.2. The predicted octanol–water partition coefficient (Wildman–Crippen LogP) is 1.41. The first-order valence-electron chi connectivity index (χ1n) is 4.27. The maximum Gasteiger partial charge on any atom is 0.257 e. The number of hydrogen-bond acceptors (Lipinski definition) is 2. The fourth-order valence-electron chi connectivity index (χ4n) is 1.23. The van der Waals surface area contributed by atoms with Crippen molar-refractivity contribution < 1.29 is 13.5 Å². The summed E-state index contributed by atoms with van der Waals surface area (Å²) in [4.78, 5) is 0. The Morgan fingerprint density at radius 3 is 2.50 bits per heavy atom. The van der Waals surface area contributed by atoms with Gasteiger partial charge in [0, 0.05) is 26.2 Å². The monoisotopic (exact) mass is 179 g/mol. The molecule has 0 aromatic carbocycles. The summed E-state index contributed by atoms with van der Waals surface area (Å²) in [7, 11) is 0. The minimum Gasteiger partial charge on any atom is -0.381 e. The third-order valence-corrected chi connectivity index (χ3v) is 1.92. The van der Waals surface area contributed by atoms with E-state index in [1.54, 1.807) is 0 Å². The molecule has 1 N–H and O–H groups in total. The highest BCUT2D eigenvalue weighted by molar-refractivity contribution is 4.73. The standard InChI is InChI=1S/C8H15F2NO/c1-8(9,10)6-11-7-2-4-12-5-3-7/h7,11H,2-6H2,1H3. The molecular formula is C8H15F2NO. The molecule has 0 aromatic heterocycles. The van der Waals surface area contributed by atoms with Gasteiger partial charge in [0.15, 0.2) is 0 Å². The van der Waals surface area contributed by atoms with Crippen LogP contribution in [0.5, 0.6) is 0 Å². The summed E-state index contributed by atoms with van der Waals surface area (Å²) in [6, 6.07) is 0.213. The van der Waals surface area contributed by atoms with Crippen LogP contribution in [0.25, 0.3) is 0 Å². The molecule has 0 unspecified atom stereocenters. The number of hydrogen-bond donors (Lipinski definition) is 1. The molecule has 0 amide bonds. The molecule has 1 fully saturated rings. The smallest absolute Gasteiger partial charge is 0.257 e. The Morgan fingerprint density at radius 2 is 2.00 bits per heavy atom. The van der Waals surface area contributed by atoms with Crippen LogP contribution < -0.4 is 5.32 Å². The van der Waals surface area contributed by atoms with Gasteiger partial charge < -0.3 is 10.1 Å². The second kappa shape index (κ2) is 4.14. The number of halogens is 2. The summed E-state index contributed by atoms with van der Waals surface area (Å²) in [6.45, 7) is 2.08. The molecule has 0 spiro atoms. The Morgan fingerprint density at radius 1 is 1.42 bits per heavy atom. The lowest BCUT2D eigenvalue weighted by Gasteiger charge is -2.24. The van der Waals surface area contributed by atoms with Crippen LogP contribution in [0.1, 0.15) is 19.8 Å². The van der Waals surface area contributed by atoms with Gasteiger partial charge in [0.2, 0.25) is 0 Å². The molecule has 0 saturated carbocycles. The Labute approximate surface area is 71.3 Å². The molecule has 72 valence electrons. The van der Waals surface area contributed by atoms with Gasteiger partial charge in [-0.15, -0.1) is 0 Å². The molecular weight excluding hydrogens is 164 g/mol. The van der Waals surface area contributed by atoms with Crippen LogP contribution in [0.15, 0.2) is 0 Å². The summed E-state index contributed by atoms with van der Waals surface area (Å²) < 4.78 is 29.9. The summed E-state index contributed by atoms with van der Waals surface area (Å²) >= 11 is 0. The van der Waals surface area contributed by atoms with Crippen LogP contribution in [-0.4, -0.2) is 31.7 Å². The zero-order valence-electron chi connectivity index (χ0n) is 7.28. The molecule has 4 heteroatoms. The Balaban J connectivity index is 2.13. The van der Waals surface area contributed by atoms with Gasteiger partial charge in [0.25, 0.3) is 5.92 Å². The van der Waals surface area contributed by atoms with Gasteiger partial charge in [-0.1, -0.05) is 0 Å². The quantitative estimate of drug-likeness (QED) is 0.707. The summed E-state index contributed by atoms with van der Waals surface area (Å²) in [5.74, 6) is -2.60. The Kier molecular flexibility index (Phi) is 3.40. The third-order valence-electron chi connectivity index (χ3n) is 1.92. The lowest BCUT2D eigenvalue weighted by molar-refractivity contribution is 0.0115. The van der Waals surface area contributed by atoms with Crippen molar-refractivity contribution in [1.82, 2.24) is 5.32 Å². The molecule has 12 heavy (non-hydrogen) atoms. The van der Waals surface area contributed by atoms with E-state index in [9.17, 15) is 8.78 Å². The summed E-state index contributed by atoms with van der Waals surface area (Å²) in [5.41, 5.74) is 0. The van der Waals surface area contributed by atoms with Crippen molar-refractivity contribution in [2.45, 2.75) is 31.7 Å². The minimum absolute atomic E-state index is 0.213. The molecule has 1 aliphatic heterocycles. The first kappa shape index (κ1) is 9.86. The number of nitrogens with one attached hydrogen (secondary N) is 1. The highest BCUT2D eigenvalue weighted by Gasteiger charge is 2.23. The van der Waals surface area contributed by atoms with Crippen molar-refractivity contribution in [1.29, 1.82) is 0 Å². The maximum atomic E-state index is 12.4. The van der Waals surface area contributed by atoms with E-state index in [4.69, 9.17) is 4.74 Å². The molecule has 1 heterocycles. The van der Waals surface area contributed by atoms with Crippen LogP contribution in [0.4, 0.5) is 8.78 Å². The fourth-order valence-corrected chi connectivity index (χ4v) is 1.23. The highest BCUT2D eigenvalue weighted by Crippen LogP contribution is 2.12. The molecule has 1 rings (SSSR count). The lowest BCUT2D eigenvalue weighted by atomic mass is 10.1.